The van der Waals surface area contributed by atoms with E-state index < -0.39 is 10.8 Å². The van der Waals surface area contributed by atoms with Crippen molar-refractivity contribution in [3.63, 3.8) is 0 Å². The molecule has 1 N–H and O–H groups in total. The lowest BCUT2D eigenvalue weighted by molar-refractivity contribution is -0.384. The van der Waals surface area contributed by atoms with Gasteiger partial charge in [-0.05, 0) is 11.6 Å². The van der Waals surface area contributed by atoms with Crippen molar-refractivity contribution in [1.29, 1.82) is 0 Å². The van der Waals surface area contributed by atoms with E-state index in [-0.39, 0.29) is 18.0 Å². The van der Waals surface area contributed by atoms with Crippen LogP contribution >= 0.6 is 11.3 Å². The van der Waals surface area contributed by atoms with E-state index in [0.29, 0.717) is 11.6 Å². The lowest BCUT2D eigenvalue weighted by Crippen LogP contribution is -2.21. The van der Waals surface area contributed by atoms with E-state index in [1.807, 2.05) is 35.7 Å². The molecule has 4 rings (SSSR count). The fraction of sp³-hybridized carbons (Fsp3) is 0.0952. The first-order valence-electron chi connectivity index (χ1n) is 9.09. The summed E-state index contributed by atoms with van der Waals surface area (Å²) < 4.78 is 10.8. The Balaban J connectivity index is 1.53. The van der Waals surface area contributed by atoms with E-state index in [9.17, 15) is 14.9 Å². The maximum absolute atomic E-state index is 12.4. The topological polar surface area (TPSA) is 116 Å². The van der Waals surface area contributed by atoms with E-state index in [2.05, 4.69) is 15.3 Å². The number of fused-ring (bicyclic) bond motifs is 1. The molecule has 0 radical (unpaired) electrons. The molecular weight excluding hydrogens is 420 g/mol. The Morgan fingerprint density at radius 2 is 2.00 bits per heavy atom. The molecule has 0 aliphatic rings. The maximum atomic E-state index is 12.4. The quantitative estimate of drug-likeness (QED) is 0.339. The predicted molar refractivity (Wildman–Crippen MR) is 117 cm³/mol. The van der Waals surface area contributed by atoms with Gasteiger partial charge in [0.15, 0.2) is 6.61 Å². The highest BCUT2D eigenvalue weighted by atomic mass is 32.1. The molecule has 1 amide bonds. The molecule has 9 nitrogen and oxygen atoms in total. The van der Waals surface area contributed by atoms with Crippen molar-refractivity contribution >= 4 is 38.8 Å². The summed E-state index contributed by atoms with van der Waals surface area (Å²) in [6.45, 7) is -0.309. The van der Waals surface area contributed by atoms with Gasteiger partial charge in [-0.3, -0.25) is 14.9 Å². The van der Waals surface area contributed by atoms with E-state index in [0.717, 1.165) is 21.3 Å². The Hall–Kier alpha value is -4.05. The van der Waals surface area contributed by atoms with Crippen LogP contribution in [0.1, 0.15) is 0 Å². The van der Waals surface area contributed by atoms with E-state index in [1.165, 1.54) is 43.0 Å². The normalized spacial score (nSPS) is 10.6. The Morgan fingerprint density at radius 1 is 1.19 bits per heavy atom. The number of methoxy groups -OCH3 is 1. The second kappa shape index (κ2) is 8.76. The van der Waals surface area contributed by atoms with Crippen molar-refractivity contribution in [2.24, 2.45) is 0 Å². The minimum absolute atomic E-state index is 0.139. The standard InChI is InChI=1S/C21H16N4O5S/c1-29-17-9-14(25(27)28)7-8-16(17)24-18(26)10-30-20-19-15(13-5-3-2-4-6-13)11-31-21(19)23-12-22-20/h2-9,11-12H,10H2,1H3,(H,24,26). The Kier molecular flexibility index (Phi) is 5.72. The molecule has 2 heterocycles. The SMILES string of the molecule is COc1cc([N+](=O)[O-])ccc1NC(=O)COc1ncnc2scc(-c3ccccc3)c12. The van der Waals surface area contributed by atoms with Crippen LogP contribution in [-0.2, 0) is 4.79 Å². The molecule has 10 heteroatoms. The van der Waals surface area contributed by atoms with Crippen LogP contribution in [0.5, 0.6) is 11.6 Å². The van der Waals surface area contributed by atoms with Gasteiger partial charge in [0.2, 0.25) is 5.88 Å². The summed E-state index contributed by atoms with van der Waals surface area (Å²) in [6.07, 6.45) is 1.39. The molecule has 0 fully saturated rings. The van der Waals surface area contributed by atoms with Crippen molar-refractivity contribution in [3.8, 4) is 22.8 Å². The number of carbonyl (C=O) groups excluding carboxylic acids is 1. The van der Waals surface area contributed by atoms with E-state index in [4.69, 9.17) is 9.47 Å². The molecule has 0 aliphatic heterocycles. The van der Waals surface area contributed by atoms with Crippen molar-refractivity contribution < 1.29 is 19.2 Å². The molecule has 156 valence electrons. The number of nitro benzene ring substituents is 1. The lowest BCUT2D eigenvalue weighted by Gasteiger charge is -2.11. The first kappa shape index (κ1) is 20.2. The van der Waals surface area contributed by atoms with Crippen molar-refractivity contribution in [2.45, 2.75) is 0 Å². The number of aromatic nitrogens is 2. The van der Waals surface area contributed by atoms with Crippen LogP contribution in [0.15, 0.2) is 60.2 Å². The van der Waals surface area contributed by atoms with Crippen LogP contribution < -0.4 is 14.8 Å². The fourth-order valence-electron chi connectivity index (χ4n) is 3.00. The Labute approximate surface area is 180 Å². The third-order valence-electron chi connectivity index (χ3n) is 4.43. The summed E-state index contributed by atoms with van der Waals surface area (Å²) in [6, 6.07) is 13.7. The van der Waals surface area contributed by atoms with Crippen LogP contribution in [0.25, 0.3) is 21.3 Å². The van der Waals surface area contributed by atoms with Crippen LogP contribution in [0, 0.1) is 10.1 Å². The number of nitrogens with one attached hydrogen (secondary N) is 1. The van der Waals surface area contributed by atoms with Gasteiger partial charge < -0.3 is 14.8 Å². The third kappa shape index (κ3) is 4.28. The molecule has 31 heavy (non-hydrogen) atoms. The number of hydrogen-bond donors (Lipinski definition) is 1. The van der Waals surface area contributed by atoms with E-state index in [1.54, 1.807) is 0 Å². The Morgan fingerprint density at radius 3 is 2.74 bits per heavy atom. The number of hydrogen-bond acceptors (Lipinski definition) is 8. The van der Waals surface area contributed by atoms with Gasteiger partial charge in [0.05, 0.1) is 29.2 Å². The van der Waals surface area contributed by atoms with Gasteiger partial charge in [0.1, 0.15) is 16.9 Å². The minimum Gasteiger partial charge on any atom is -0.494 e. The number of amides is 1. The summed E-state index contributed by atoms with van der Waals surface area (Å²) >= 11 is 1.47. The molecule has 2 aromatic heterocycles. The third-order valence-corrected chi connectivity index (χ3v) is 5.32. The number of anilines is 1. The molecule has 0 spiro atoms. The molecule has 0 atom stereocenters. The number of ether oxygens (including phenoxy) is 2. The lowest BCUT2D eigenvalue weighted by atomic mass is 10.1. The Bertz CT molecular complexity index is 1260. The summed E-state index contributed by atoms with van der Waals surface area (Å²) in [5.41, 5.74) is 2.08. The average molecular weight is 436 g/mol. The second-order valence-corrected chi connectivity index (χ2v) is 7.21. The number of nitro groups is 1. The monoisotopic (exact) mass is 436 g/mol. The molecule has 0 bridgehead atoms. The number of benzene rings is 2. The molecule has 0 saturated heterocycles. The van der Waals surface area contributed by atoms with Gasteiger partial charge in [-0.25, -0.2) is 9.97 Å². The highest BCUT2D eigenvalue weighted by Crippen LogP contribution is 2.37. The van der Waals surface area contributed by atoms with Gasteiger partial charge in [-0.1, -0.05) is 30.3 Å². The highest BCUT2D eigenvalue weighted by molar-refractivity contribution is 7.17. The number of carbonyl (C=O) groups is 1. The maximum Gasteiger partial charge on any atom is 0.273 e. The number of thiophene rings is 1. The minimum atomic E-state index is -0.539. The van der Waals surface area contributed by atoms with E-state index >= 15 is 0 Å². The van der Waals surface area contributed by atoms with Crippen molar-refractivity contribution in [2.75, 3.05) is 19.0 Å². The second-order valence-electron chi connectivity index (χ2n) is 6.35. The van der Waals surface area contributed by atoms with Gasteiger partial charge >= 0.3 is 0 Å². The zero-order valence-electron chi connectivity index (χ0n) is 16.3. The molecular formula is C21H16N4O5S. The molecule has 0 unspecified atom stereocenters. The number of rotatable bonds is 7. The molecule has 0 aliphatic carbocycles. The summed E-state index contributed by atoms with van der Waals surface area (Å²) in [7, 11) is 1.37. The average Bonchev–Trinajstić information content (AvgIpc) is 3.23. The van der Waals surface area contributed by atoms with Crippen LogP contribution in [0.2, 0.25) is 0 Å². The smallest absolute Gasteiger partial charge is 0.273 e. The van der Waals surface area contributed by atoms with Crippen LogP contribution in [0.4, 0.5) is 11.4 Å². The fourth-order valence-corrected chi connectivity index (χ4v) is 3.91. The molecule has 0 saturated carbocycles. The zero-order valence-corrected chi connectivity index (χ0v) is 17.1. The van der Waals surface area contributed by atoms with Crippen molar-refractivity contribution in [3.05, 3.63) is 70.4 Å². The zero-order chi connectivity index (χ0) is 21.8. The first-order chi connectivity index (χ1) is 15.1. The predicted octanol–water partition coefficient (Wildman–Crippen LogP) is 4.29. The molecule has 4 aromatic rings. The highest BCUT2D eigenvalue weighted by Gasteiger charge is 2.17. The van der Waals surface area contributed by atoms with Crippen LogP contribution in [0.3, 0.4) is 0 Å². The van der Waals surface area contributed by atoms with Crippen LogP contribution in [-0.4, -0.2) is 34.5 Å². The first-order valence-corrected chi connectivity index (χ1v) is 9.97. The van der Waals surface area contributed by atoms with Gasteiger partial charge in [0.25, 0.3) is 11.6 Å². The van der Waals surface area contributed by atoms with Gasteiger partial charge in [0, 0.05) is 17.0 Å². The summed E-state index contributed by atoms with van der Waals surface area (Å²) in [5.74, 6) is 0.0162. The number of non-ortho nitro benzene ring substituents is 1. The van der Waals surface area contributed by atoms with Gasteiger partial charge in [-0.2, -0.15) is 0 Å². The molecule has 2 aromatic carbocycles. The van der Waals surface area contributed by atoms with Gasteiger partial charge in [-0.15, -0.1) is 11.3 Å². The summed E-state index contributed by atoms with van der Waals surface area (Å²) in [4.78, 5) is 32.0. The van der Waals surface area contributed by atoms with Crippen molar-refractivity contribution in [1.82, 2.24) is 9.97 Å². The summed E-state index contributed by atoms with van der Waals surface area (Å²) in [5, 5.41) is 16.3. The largest absolute Gasteiger partial charge is 0.494 e. The number of nitrogens with zero attached hydrogens (tertiary/aromatic N) is 3.